The summed E-state index contributed by atoms with van der Waals surface area (Å²) in [6.45, 7) is 2.14. The van der Waals surface area contributed by atoms with Crippen molar-refractivity contribution < 1.29 is 9.90 Å². The first kappa shape index (κ1) is 8.53. The van der Waals surface area contributed by atoms with Crippen molar-refractivity contribution in [3.8, 4) is 0 Å². The highest BCUT2D eigenvalue weighted by Gasteiger charge is 2.37. The van der Waals surface area contributed by atoms with Gasteiger partial charge in [0.05, 0.1) is 0 Å². The molecule has 0 saturated heterocycles. The van der Waals surface area contributed by atoms with Gasteiger partial charge in [-0.05, 0) is 24.7 Å². The van der Waals surface area contributed by atoms with Crippen molar-refractivity contribution >= 4 is 5.97 Å². The third-order valence-corrected chi connectivity index (χ3v) is 2.47. The first-order valence-corrected chi connectivity index (χ1v) is 4.13. The SMILES string of the molecule is CCC1C[C@H]1C[C@@H](N)C(=O)O. The van der Waals surface area contributed by atoms with Crippen LogP contribution in [0.4, 0.5) is 0 Å². The molecular weight excluding hydrogens is 142 g/mol. The number of carbonyl (C=O) groups is 1. The minimum atomic E-state index is -0.869. The van der Waals surface area contributed by atoms with Gasteiger partial charge in [-0.15, -0.1) is 0 Å². The molecule has 0 heterocycles. The lowest BCUT2D eigenvalue weighted by Gasteiger charge is -2.03. The molecule has 1 saturated carbocycles. The maximum absolute atomic E-state index is 10.3. The Morgan fingerprint density at radius 3 is 2.73 bits per heavy atom. The van der Waals surface area contributed by atoms with Crippen LogP contribution in [0.5, 0.6) is 0 Å². The minimum absolute atomic E-state index is 0.589. The average molecular weight is 157 g/mol. The van der Waals surface area contributed by atoms with E-state index in [0.29, 0.717) is 12.3 Å². The highest BCUT2D eigenvalue weighted by molar-refractivity contribution is 5.73. The second kappa shape index (κ2) is 3.22. The fourth-order valence-corrected chi connectivity index (χ4v) is 1.53. The molecule has 1 unspecified atom stereocenters. The van der Waals surface area contributed by atoms with Gasteiger partial charge >= 0.3 is 5.97 Å². The van der Waals surface area contributed by atoms with Crippen molar-refractivity contribution in [1.82, 2.24) is 0 Å². The number of nitrogens with two attached hydrogens (primary N) is 1. The summed E-state index contributed by atoms with van der Waals surface area (Å²) in [6.07, 6.45) is 3.00. The highest BCUT2D eigenvalue weighted by atomic mass is 16.4. The van der Waals surface area contributed by atoms with E-state index in [0.717, 1.165) is 12.3 Å². The van der Waals surface area contributed by atoms with Crippen LogP contribution < -0.4 is 5.73 Å². The lowest BCUT2D eigenvalue weighted by atomic mass is 10.1. The normalized spacial score (nSPS) is 31.5. The van der Waals surface area contributed by atoms with E-state index in [1.165, 1.54) is 6.42 Å². The van der Waals surface area contributed by atoms with Gasteiger partial charge in [-0.1, -0.05) is 13.3 Å². The Balaban J connectivity index is 2.18. The predicted molar refractivity (Wildman–Crippen MR) is 42.1 cm³/mol. The first-order chi connectivity index (χ1) is 5.15. The van der Waals surface area contributed by atoms with Crippen LogP contribution >= 0.6 is 0 Å². The molecule has 1 fully saturated rings. The van der Waals surface area contributed by atoms with Crippen LogP contribution in [0.3, 0.4) is 0 Å². The molecule has 1 aliphatic carbocycles. The quantitative estimate of drug-likeness (QED) is 0.635. The summed E-state index contributed by atoms with van der Waals surface area (Å²) in [5, 5.41) is 8.49. The third kappa shape index (κ3) is 2.19. The average Bonchev–Trinajstić information content (AvgIpc) is 2.67. The van der Waals surface area contributed by atoms with Crippen molar-refractivity contribution in [3.63, 3.8) is 0 Å². The molecule has 0 radical (unpaired) electrons. The number of aliphatic carboxylic acids is 1. The second-order valence-corrected chi connectivity index (χ2v) is 3.34. The highest BCUT2D eigenvalue weighted by Crippen LogP contribution is 2.43. The van der Waals surface area contributed by atoms with Gasteiger partial charge in [-0.2, -0.15) is 0 Å². The molecule has 0 aromatic rings. The maximum atomic E-state index is 10.3. The molecule has 3 heteroatoms. The number of hydrogen-bond donors (Lipinski definition) is 2. The van der Waals surface area contributed by atoms with Gasteiger partial charge in [0.15, 0.2) is 0 Å². The first-order valence-electron chi connectivity index (χ1n) is 4.13. The lowest BCUT2D eigenvalue weighted by Crippen LogP contribution is -2.30. The van der Waals surface area contributed by atoms with E-state index in [4.69, 9.17) is 10.8 Å². The zero-order chi connectivity index (χ0) is 8.43. The topological polar surface area (TPSA) is 63.3 Å². The Bertz CT molecular complexity index is 158. The zero-order valence-electron chi connectivity index (χ0n) is 6.79. The predicted octanol–water partition coefficient (Wildman–Crippen LogP) is 0.834. The molecule has 3 nitrogen and oxygen atoms in total. The Morgan fingerprint density at radius 1 is 1.73 bits per heavy atom. The lowest BCUT2D eigenvalue weighted by molar-refractivity contribution is -0.138. The van der Waals surface area contributed by atoms with Gasteiger partial charge in [0, 0.05) is 0 Å². The third-order valence-electron chi connectivity index (χ3n) is 2.47. The number of carboxylic acids is 1. The van der Waals surface area contributed by atoms with Crippen LogP contribution in [0.15, 0.2) is 0 Å². The van der Waals surface area contributed by atoms with E-state index in [2.05, 4.69) is 6.92 Å². The van der Waals surface area contributed by atoms with Crippen molar-refractivity contribution in [3.05, 3.63) is 0 Å². The molecule has 0 aliphatic heterocycles. The van der Waals surface area contributed by atoms with E-state index < -0.39 is 12.0 Å². The summed E-state index contributed by atoms with van der Waals surface area (Å²) < 4.78 is 0. The van der Waals surface area contributed by atoms with Gasteiger partial charge < -0.3 is 10.8 Å². The fraction of sp³-hybridized carbons (Fsp3) is 0.875. The van der Waals surface area contributed by atoms with E-state index in [1.54, 1.807) is 0 Å². The van der Waals surface area contributed by atoms with Crippen LogP contribution in [0.25, 0.3) is 0 Å². The summed E-state index contributed by atoms with van der Waals surface area (Å²) in [5.74, 6) is 0.471. The maximum Gasteiger partial charge on any atom is 0.320 e. The fourth-order valence-electron chi connectivity index (χ4n) is 1.53. The summed E-state index contributed by atoms with van der Waals surface area (Å²) in [6, 6.07) is -0.642. The van der Waals surface area contributed by atoms with Gasteiger partial charge in [0.1, 0.15) is 6.04 Å². The van der Waals surface area contributed by atoms with Crippen LogP contribution in [0.2, 0.25) is 0 Å². The molecule has 0 aromatic heterocycles. The standard InChI is InChI=1S/C8H15NO2/c1-2-5-3-6(5)4-7(9)8(10)11/h5-7H,2-4,9H2,1H3,(H,10,11)/t5?,6-,7+/m0/s1. The molecule has 0 aromatic carbocycles. The van der Waals surface area contributed by atoms with Crippen LogP contribution in [0.1, 0.15) is 26.2 Å². The molecule has 0 bridgehead atoms. The smallest absolute Gasteiger partial charge is 0.320 e. The number of rotatable bonds is 4. The molecule has 64 valence electrons. The van der Waals surface area contributed by atoms with E-state index in [-0.39, 0.29) is 0 Å². The van der Waals surface area contributed by atoms with Crippen LogP contribution in [-0.4, -0.2) is 17.1 Å². The molecule has 0 spiro atoms. The minimum Gasteiger partial charge on any atom is -0.480 e. The zero-order valence-corrected chi connectivity index (χ0v) is 6.79. The monoisotopic (exact) mass is 157 g/mol. The van der Waals surface area contributed by atoms with Crippen LogP contribution in [0, 0.1) is 11.8 Å². The Morgan fingerprint density at radius 2 is 2.36 bits per heavy atom. The summed E-state index contributed by atoms with van der Waals surface area (Å²) >= 11 is 0. The van der Waals surface area contributed by atoms with E-state index in [9.17, 15) is 4.79 Å². The van der Waals surface area contributed by atoms with E-state index in [1.807, 2.05) is 0 Å². The summed E-state index contributed by atoms with van der Waals surface area (Å²) in [5.41, 5.74) is 5.37. The van der Waals surface area contributed by atoms with Crippen LogP contribution in [-0.2, 0) is 4.79 Å². The van der Waals surface area contributed by atoms with Crippen molar-refractivity contribution in [2.45, 2.75) is 32.2 Å². The summed E-state index contributed by atoms with van der Waals surface area (Å²) in [7, 11) is 0. The molecular formula is C8H15NO2. The van der Waals surface area contributed by atoms with Gasteiger partial charge in [0.25, 0.3) is 0 Å². The van der Waals surface area contributed by atoms with Gasteiger partial charge in [-0.3, -0.25) is 4.79 Å². The molecule has 3 atom stereocenters. The van der Waals surface area contributed by atoms with Gasteiger partial charge in [0.2, 0.25) is 0 Å². The second-order valence-electron chi connectivity index (χ2n) is 3.34. The van der Waals surface area contributed by atoms with Gasteiger partial charge in [-0.25, -0.2) is 0 Å². The molecule has 11 heavy (non-hydrogen) atoms. The summed E-state index contributed by atoms with van der Waals surface area (Å²) in [4.78, 5) is 10.3. The van der Waals surface area contributed by atoms with Crippen molar-refractivity contribution in [2.24, 2.45) is 17.6 Å². The Kier molecular flexibility index (Phi) is 2.49. The van der Waals surface area contributed by atoms with Crippen molar-refractivity contribution in [2.75, 3.05) is 0 Å². The molecule has 1 aliphatic rings. The molecule has 3 N–H and O–H groups in total. The molecule has 1 rings (SSSR count). The number of carboxylic acid groups (broad SMARTS) is 1. The van der Waals surface area contributed by atoms with E-state index >= 15 is 0 Å². The Labute approximate surface area is 66.6 Å². The van der Waals surface area contributed by atoms with Crippen molar-refractivity contribution in [1.29, 1.82) is 0 Å². The molecule has 0 amide bonds. The Hall–Kier alpha value is -0.570. The number of hydrogen-bond acceptors (Lipinski definition) is 2. The largest absolute Gasteiger partial charge is 0.480 e.